The molecule has 2 N–H and O–H groups in total. The minimum absolute atomic E-state index is 0.0401. The number of nitrogens with two attached hydrogens (primary N) is 1. The molecule has 0 spiro atoms. The summed E-state index contributed by atoms with van der Waals surface area (Å²) in [6.07, 6.45) is 6.76. The Bertz CT molecular complexity index is 448. The van der Waals surface area contributed by atoms with Gasteiger partial charge in [0.15, 0.2) is 0 Å². The summed E-state index contributed by atoms with van der Waals surface area (Å²) in [5, 5.41) is 0. The molecule has 0 amide bonds. The van der Waals surface area contributed by atoms with Gasteiger partial charge in [0.2, 0.25) is 0 Å². The van der Waals surface area contributed by atoms with E-state index in [0.29, 0.717) is 24.5 Å². The van der Waals surface area contributed by atoms with Crippen LogP contribution < -0.4 is 5.73 Å². The van der Waals surface area contributed by atoms with E-state index < -0.39 is 0 Å². The Hall–Kier alpha value is -0.450. The van der Waals surface area contributed by atoms with Crippen LogP contribution in [0.25, 0.3) is 0 Å². The summed E-state index contributed by atoms with van der Waals surface area (Å²) in [4.78, 5) is 0. The van der Waals surface area contributed by atoms with Crippen molar-refractivity contribution in [2.75, 3.05) is 6.61 Å². The molecule has 4 heteroatoms. The first-order valence-electron chi connectivity index (χ1n) is 7.93. The Morgan fingerprint density at radius 3 is 2.67 bits per heavy atom. The van der Waals surface area contributed by atoms with Crippen LogP contribution in [0.5, 0.6) is 0 Å². The monoisotopic (exact) mass is 357 g/mol. The molecular formula is C17H25BrFNO. The largest absolute Gasteiger partial charge is 0.377 e. The molecule has 0 saturated heterocycles. The second-order valence-corrected chi connectivity index (χ2v) is 6.84. The summed E-state index contributed by atoms with van der Waals surface area (Å²) >= 11 is 3.28. The van der Waals surface area contributed by atoms with Crippen molar-refractivity contribution in [1.82, 2.24) is 0 Å². The molecule has 0 aliphatic heterocycles. The first-order chi connectivity index (χ1) is 10.1. The van der Waals surface area contributed by atoms with Gasteiger partial charge in [0.25, 0.3) is 0 Å². The lowest BCUT2D eigenvalue weighted by Gasteiger charge is -2.34. The van der Waals surface area contributed by atoms with E-state index in [1.165, 1.54) is 38.2 Å². The molecule has 1 aromatic carbocycles. The molecule has 1 saturated carbocycles. The minimum atomic E-state index is -0.196. The van der Waals surface area contributed by atoms with E-state index in [0.717, 1.165) is 4.47 Å². The fraction of sp³-hybridized carbons (Fsp3) is 0.647. The van der Waals surface area contributed by atoms with Gasteiger partial charge in [-0.15, -0.1) is 0 Å². The van der Waals surface area contributed by atoms with Crippen LogP contribution in [0.1, 0.15) is 44.6 Å². The Kier molecular flexibility index (Phi) is 6.65. The van der Waals surface area contributed by atoms with Gasteiger partial charge in [0, 0.05) is 17.1 Å². The zero-order valence-electron chi connectivity index (χ0n) is 12.7. The Balaban J connectivity index is 2.04. The highest BCUT2D eigenvalue weighted by Crippen LogP contribution is 2.30. The maximum Gasteiger partial charge on any atom is 0.127 e. The first-order valence-corrected chi connectivity index (χ1v) is 8.72. The molecular weight excluding hydrogens is 333 g/mol. The first kappa shape index (κ1) is 16.9. The van der Waals surface area contributed by atoms with Gasteiger partial charge >= 0.3 is 0 Å². The summed E-state index contributed by atoms with van der Waals surface area (Å²) in [6, 6.07) is 5.02. The van der Waals surface area contributed by atoms with Crippen LogP contribution in [0.15, 0.2) is 22.7 Å². The van der Waals surface area contributed by atoms with Crippen molar-refractivity contribution in [2.24, 2.45) is 11.7 Å². The fourth-order valence-electron chi connectivity index (χ4n) is 3.32. The summed E-state index contributed by atoms with van der Waals surface area (Å²) in [5.74, 6) is 0.325. The third kappa shape index (κ3) is 4.76. The Morgan fingerprint density at radius 1 is 1.33 bits per heavy atom. The maximum atomic E-state index is 14.0. The predicted octanol–water partition coefficient (Wildman–Crippen LogP) is 4.44. The molecule has 2 unspecified atom stereocenters. The van der Waals surface area contributed by atoms with Crippen molar-refractivity contribution in [1.29, 1.82) is 0 Å². The second-order valence-electron chi connectivity index (χ2n) is 5.92. The molecule has 2 rings (SSSR count). The van der Waals surface area contributed by atoms with Crippen molar-refractivity contribution < 1.29 is 9.13 Å². The standard InChI is InChI=1S/C17H25BrFNO/c1-2-21-17(12-6-4-3-5-7-12)16(20)10-13-8-9-14(18)11-15(13)19/h8-9,11-12,16-17H,2-7,10,20H2,1H3. The second kappa shape index (κ2) is 8.25. The highest BCUT2D eigenvalue weighted by atomic mass is 79.9. The van der Waals surface area contributed by atoms with Crippen LogP contribution >= 0.6 is 15.9 Å². The van der Waals surface area contributed by atoms with Crippen molar-refractivity contribution in [3.8, 4) is 0 Å². The van der Waals surface area contributed by atoms with E-state index in [-0.39, 0.29) is 18.0 Å². The molecule has 21 heavy (non-hydrogen) atoms. The molecule has 1 aliphatic carbocycles. The van der Waals surface area contributed by atoms with E-state index in [9.17, 15) is 4.39 Å². The Morgan fingerprint density at radius 2 is 2.05 bits per heavy atom. The van der Waals surface area contributed by atoms with Gasteiger partial charge < -0.3 is 10.5 Å². The molecule has 118 valence electrons. The van der Waals surface area contributed by atoms with Crippen LogP contribution in [-0.2, 0) is 11.2 Å². The smallest absolute Gasteiger partial charge is 0.127 e. The van der Waals surface area contributed by atoms with Crippen molar-refractivity contribution in [2.45, 2.75) is 57.6 Å². The van der Waals surface area contributed by atoms with Crippen molar-refractivity contribution in [3.05, 3.63) is 34.1 Å². The highest BCUT2D eigenvalue weighted by molar-refractivity contribution is 9.10. The van der Waals surface area contributed by atoms with Gasteiger partial charge in [0.1, 0.15) is 5.82 Å². The van der Waals surface area contributed by atoms with Gasteiger partial charge in [-0.3, -0.25) is 0 Å². The van der Waals surface area contributed by atoms with Gasteiger partial charge in [-0.05, 0) is 49.8 Å². The van der Waals surface area contributed by atoms with E-state index in [1.807, 2.05) is 19.1 Å². The number of halogens is 2. The number of ether oxygens (including phenoxy) is 1. The maximum absolute atomic E-state index is 14.0. The molecule has 0 bridgehead atoms. The summed E-state index contributed by atoms with van der Waals surface area (Å²) in [5.41, 5.74) is 7.04. The van der Waals surface area contributed by atoms with Crippen molar-refractivity contribution >= 4 is 15.9 Å². The molecule has 1 aliphatic rings. The lowest BCUT2D eigenvalue weighted by atomic mass is 9.81. The van der Waals surface area contributed by atoms with E-state index >= 15 is 0 Å². The number of hydrogen-bond donors (Lipinski definition) is 1. The Labute approximate surface area is 135 Å². The normalized spacial score (nSPS) is 19.4. The third-order valence-electron chi connectivity index (χ3n) is 4.37. The fourth-order valence-corrected chi connectivity index (χ4v) is 3.65. The van der Waals surface area contributed by atoms with Crippen LogP contribution in [0.3, 0.4) is 0 Å². The highest BCUT2D eigenvalue weighted by Gasteiger charge is 2.29. The molecule has 0 radical (unpaired) electrons. The van der Waals surface area contributed by atoms with E-state index in [4.69, 9.17) is 10.5 Å². The molecule has 1 fully saturated rings. The van der Waals surface area contributed by atoms with Gasteiger partial charge in [0.05, 0.1) is 6.10 Å². The molecule has 0 heterocycles. The topological polar surface area (TPSA) is 35.2 Å². The average molecular weight is 358 g/mol. The number of rotatable bonds is 6. The van der Waals surface area contributed by atoms with Gasteiger partial charge in [-0.2, -0.15) is 0 Å². The zero-order chi connectivity index (χ0) is 15.2. The lowest BCUT2D eigenvalue weighted by Crippen LogP contribution is -2.44. The minimum Gasteiger partial charge on any atom is -0.377 e. The van der Waals surface area contributed by atoms with Gasteiger partial charge in [-0.25, -0.2) is 4.39 Å². The quantitative estimate of drug-likeness (QED) is 0.816. The van der Waals surface area contributed by atoms with Crippen LogP contribution in [0.4, 0.5) is 4.39 Å². The summed E-state index contributed by atoms with van der Waals surface area (Å²) in [7, 11) is 0. The van der Waals surface area contributed by atoms with E-state index in [1.54, 1.807) is 0 Å². The van der Waals surface area contributed by atoms with Crippen LogP contribution in [0, 0.1) is 11.7 Å². The number of hydrogen-bond acceptors (Lipinski definition) is 2. The lowest BCUT2D eigenvalue weighted by molar-refractivity contribution is -0.00925. The molecule has 2 nitrogen and oxygen atoms in total. The average Bonchev–Trinajstić information content (AvgIpc) is 2.48. The molecule has 1 aromatic rings. The zero-order valence-corrected chi connectivity index (χ0v) is 14.2. The van der Waals surface area contributed by atoms with Crippen LogP contribution in [0.2, 0.25) is 0 Å². The van der Waals surface area contributed by atoms with Crippen LogP contribution in [-0.4, -0.2) is 18.8 Å². The van der Waals surface area contributed by atoms with E-state index in [2.05, 4.69) is 15.9 Å². The number of benzene rings is 1. The predicted molar refractivity (Wildman–Crippen MR) is 87.8 cm³/mol. The van der Waals surface area contributed by atoms with Gasteiger partial charge in [-0.1, -0.05) is 41.3 Å². The van der Waals surface area contributed by atoms with Crippen molar-refractivity contribution in [3.63, 3.8) is 0 Å². The summed E-state index contributed by atoms with van der Waals surface area (Å²) < 4.78 is 20.7. The third-order valence-corrected chi connectivity index (χ3v) is 4.86. The molecule has 2 atom stereocenters. The summed E-state index contributed by atoms with van der Waals surface area (Å²) in [6.45, 7) is 2.67. The SMILES string of the molecule is CCOC(C(N)Cc1ccc(Br)cc1F)C1CCCCC1. The molecule has 0 aromatic heterocycles.